The maximum absolute atomic E-state index is 13.5. The van der Waals surface area contributed by atoms with Crippen molar-refractivity contribution in [2.75, 3.05) is 39.2 Å². The molecule has 4 rings (SSSR count). The number of nitrogens with zero attached hydrogens (tertiary/aromatic N) is 4. The van der Waals surface area contributed by atoms with E-state index >= 15 is 0 Å². The van der Waals surface area contributed by atoms with Crippen LogP contribution in [-0.4, -0.2) is 55.0 Å². The Hall–Kier alpha value is -3.08. The molecular formula is C21H20N4O4S2. The van der Waals surface area contributed by atoms with E-state index in [-0.39, 0.29) is 11.6 Å². The number of nitro benzene ring substituents is 1. The van der Waals surface area contributed by atoms with Crippen molar-refractivity contribution in [1.29, 1.82) is 0 Å². The number of aromatic nitrogens is 1. The molecule has 0 atom stereocenters. The van der Waals surface area contributed by atoms with Crippen LogP contribution in [0.4, 0.5) is 10.8 Å². The van der Waals surface area contributed by atoms with E-state index in [0.717, 1.165) is 14.9 Å². The number of nitro groups is 1. The zero-order valence-electron chi connectivity index (χ0n) is 17.2. The number of fused-ring (bicyclic) bond motifs is 2. The number of rotatable bonds is 7. The van der Waals surface area contributed by atoms with E-state index in [2.05, 4.69) is 0 Å². The fourth-order valence-electron chi connectivity index (χ4n) is 3.16. The molecule has 0 spiro atoms. The van der Waals surface area contributed by atoms with Crippen molar-refractivity contribution in [3.05, 3.63) is 57.5 Å². The Morgan fingerprint density at radius 3 is 2.65 bits per heavy atom. The first-order chi connectivity index (χ1) is 14.9. The maximum atomic E-state index is 13.5. The van der Waals surface area contributed by atoms with Crippen LogP contribution in [0.5, 0.6) is 5.75 Å². The summed E-state index contributed by atoms with van der Waals surface area (Å²) in [5.74, 6) is 0.484. The lowest BCUT2D eigenvalue weighted by atomic mass is 10.2. The first kappa shape index (κ1) is 21.2. The Labute approximate surface area is 186 Å². The number of hydrogen-bond acceptors (Lipinski definition) is 8. The summed E-state index contributed by atoms with van der Waals surface area (Å²) < 4.78 is 7.17. The average Bonchev–Trinajstić information content (AvgIpc) is 3.36. The standard InChI is InChI=1S/C21H20N4O4S2/c1-23(2)9-10-24(21-22-19-15(29-3)5-4-6-17(19)31-21)20(26)18-12-13-11-14(25(27)28)7-8-16(13)30-18/h4-8,11-12H,9-10H2,1-3H3. The lowest BCUT2D eigenvalue weighted by Crippen LogP contribution is -2.36. The number of carbonyl (C=O) groups is 1. The molecule has 4 aromatic rings. The number of methoxy groups -OCH3 is 1. The SMILES string of the molecule is COc1cccc2sc(N(CCN(C)C)C(=O)c3cc4cc([N+](=O)[O-])ccc4s3)nc12. The van der Waals surface area contributed by atoms with Crippen molar-refractivity contribution < 1.29 is 14.5 Å². The van der Waals surface area contributed by atoms with Crippen molar-refractivity contribution in [3.8, 4) is 5.75 Å². The Morgan fingerprint density at radius 2 is 1.94 bits per heavy atom. The number of carbonyl (C=O) groups excluding carboxylic acids is 1. The Kier molecular flexibility index (Phi) is 5.86. The van der Waals surface area contributed by atoms with Gasteiger partial charge in [0.25, 0.3) is 11.6 Å². The summed E-state index contributed by atoms with van der Waals surface area (Å²) in [4.78, 5) is 33.0. The number of amides is 1. The number of non-ortho nitro benzene ring substituents is 1. The van der Waals surface area contributed by atoms with E-state index in [1.807, 2.05) is 37.2 Å². The quantitative estimate of drug-likeness (QED) is 0.297. The van der Waals surface area contributed by atoms with Crippen LogP contribution in [0.2, 0.25) is 0 Å². The molecule has 2 aromatic heterocycles. The first-order valence-corrected chi connectivity index (χ1v) is 11.1. The number of likely N-dealkylation sites (N-methyl/N-ethyl adjacent to an activating group) is 1. The molecule has 2 heterocycles. The average molecular weight is 457 g/mol. The summed E-state index contributed by atoms with van der Waals surface area (Å²) >= 11 is 2.76. The minimum absolute atomic E-state index is 0.00651. The molecular weight excluding hydrogens is 436 g/mol. The van der Waals surface area contributed by atoms with Crippen LogP contribution in [0.25, 0.3) is 20.3 Å². The van der Waals surface area contributed by atoms with Crippen LogP contribution in [0.15, 0.2) is 42.5 Å². The molecule has 0 aliphatic carbocycles. The van der Waals surface area contributed by atoms with Gasteiger partial charge in [-0.05, 0) is 38.4 Å². The number of ether oxygens (including phenoxy) is 1. The van der Waals surface area contributed by atoms with Gasteiger partial charge in [-0.15, -0.1) is 11.3 Å². The predicted molar refractivity (Wildman–Crippen MR) is 125 cm³/mol. The van der Waals surface area contributed by atoms with Gasteiger partial charge < -0.3 is 9.64 Å². The highest BCUT2D eigenvalue weighted by Gasteiger charge is 2.24. The van der Waals surface area contributed by atoms with Gasteiger partial charge in [0.2, 0.25) is 0 Å². The maximum Gasteiger partial charge on any atom is 0.270 e. The van der Waals surface area contributed by atoms with Crippen molar-refractivity contribution in [3.63, 3.8) is 0 Å². The number of hydrogen-bond donors (Lipinski definition) is 0. The molecule has 2 aromatic carbocycles. The number of para-hydroxylation sites is 1. The molecule has 0 fully saturated rings. The van der Waals surface area contributed by atoms with Crippen LogP contribution in [-0.2, 0) is 0 Å². The van der Waals surface area contributed by atoms with Crippen LogP contribution >= 0.6 is 22.7 Å². The number of anilines is 1. The van der Waals surface area contributed by atoms with E-state index in [0.29, 0.717) is 34.2 Å². The van der Waals surface area contributed by atoms with Gasteiger partial charge >= 0.3 is 0 Å². The lowest BCUT2D eigenvalue weighted by molar-refractivity contribution is -0.384. The summed E-state index contributed by atoms with van der Waals surface area (Å²) in [6.45, 7) is 1.12. The van der Waals surface area contributed by atoms with Gasteiger partial charge in [0, 0.05) is 35.3 Å². The molecule has 160 valence electrons. The number of thiazole rings is 1. The highest BCUT2D eigenvalue weighted by molar-refractivity contribution is 7.23. The zero-order chi connectivity index (χ0) is 22.1. The molecule has 0 unspecified atom stereocenters. The molecule has 1 amide bonds. The summed E-state index contributed by atoms with van der Waals surface area (Å²) in [6, 6.07) is 12.0. The molecule has 10 heteroatoms. The third-order valence-corrected chi connectivity index (χ3v) is 6.91. The molecule has 31 heavy (non-hydrogen) atoms. The third-order valence-electron chi connectivity index (χ3n) is 4.76. The summed E-state index contributed by atoms with van der Waals surface area (Å²) in [7, 11) is 5.49. The van der Waals surface area contributed by atoms with Crippen LogP contribution in [0, 0.1) is 10.1 Å². The third kappa shape index (κ3) is 4.22. The van der Waals surface area contributed by atoms with E-state index in [1.54, 1.807) is 24.1 Å². The highest BCUT2D eigenvalue weighted by atomic mass is 32.1. The zero-order valence-corrected chi connectivity index (χ0v) is 18.8. The van der Waals surface area contributed by atoms with Crippen LogP contribution in [0.1, 0.15) is 9.67 Å². The fraction of sp³-hybridized carbons (Fsp3) is 0.238. The van der Waals surface area contributed by atoms with Crippen molar-refractivity contribution in [1.82, 2.24) is 9.88 Å². The van der Waals surface area contributed by atoms with Crippen molar-refractivity contribution in [2.24, 2.45) is 0 Å². The summed E-state index contributed by atoms with van der Waals surface area (Å²) in [6.07, 6.45) is 0. The van der Waals surface area contributed by atoms with Crippen molar-refractivity contribution >= 4 is 59.7 Å². The first-order valence-electron chi connectivity index (χ1n) is 9.45. The molecule has 8 nitrogen and oxygen atoms in total. The van der Waals surface area contributed by atoms with Gasteiger partial charge in [0.05, 0.1) is 21.6 Å². The Morgan fingerprint density at radius 1 is 1.13 bits per heavy atom. The second-order valence-electron chi connectivity index (χ2n) is 7.15. The summed E-state index contributed by atoms with van der Waals surface area (Å²) in [5, 5.41) is 12.4. The van der Waals surface area contributed by atoms with Crippen LogP contribution < -0.4 is 9.64 Å². The molecule has 0 saturated carbocycles. The van der Waals surface area contributed by atoms with Crippen LogP contribution in [0.3, 0.4) is 0 Å². The fourth-order valence-corrected chi connectivity index (χ4v) is 5.16. The molecule has 0 radical (unpaired) electrons. The second kappa shape index (κ2) is 8.58. The van der Waals surface area contributed by atoms with Gasteiger partial charge in [-0.3, -0.25) is 19.8 Å². The summed E-state index contributed by atoms with van der Waals surface area (Å²) in [5.41, 5.74) is 0.728. The molecule has 0 aliphatic rings. The largest absolute Gasteiger partial charge is 0.494 e. The number of benzene rings is 2. The van der Waals surface area contributed by atoms with E-state index in [1.165, 1.54) is 34.8 Å². The van der Waals surface area contributed by atoms with Gasteiger partial charge in [-0.25, -0.2) is 4.98 Å². The normalized spacial score (nSPS) is 11.4. The van der Waals surface area contributed by atoms with Gasteiger partial charge in [-0.1, -0.05) is 17.4 Å². The van der Waals surface area contributed by atoms with E-state index in [9.17, 15) is 14.9 Å². The second-order valence-corrected chi connectivity index (χ2v) is 9.25. The van der Waals surface area contributed by atoms with Gasteiger partial charge in [0.15, 0.2) is 5.13 Å². The van der Waals surface area contributed by atoms with Crippen molar-refractivity contribution in [2.45, 2.75) is 0 Å². The minimum atomic E-state index is -0.434. The highest BCUT2D eigenvalue weighted by Crippen LogP contribution is 2.36. The molecule has 0 bridgehead atoms. The van der Waals surface area contributed by atoms with E-state index in [4.69, 9.17) is 9.72 Å². The topological polar surface area (TPSA) is 88.8 Å². The smallest absolute Gasteiger partial charge is 0.270 e. The molecule has 0 aliphatic heterocycles. The van der Waals surface area contributed by atoms with Gasteiger partial charge in [-0.2, -0.15) is 0 Å². The monoisotopic (exact) mass is 456 g/mol. The Balaban J connectivity index is 1.74. The van der Waals surface area contributed by atoms with Gasteiger partial charge in [0.1, 0.15) is 11.3 Å². The van der Waals surface area contributed by atoms with E-state index < -0.39 is 4.92 Å². The molecule has 0 saturated heterocycles. The Bertz CT molecular complexity index is 1280. The lowest BCUT2D eigenvalue weighted by Gasteiger charge is -2.21. The predicted octanol–water partition coefficient (Wildman–Crippen LogP) is 4.64. The molecule has 0 N–H and O–H groups in total. The minimum Gasteiger partial charge on any atom is -0.494 e. The number of thiophene rings is 1.